The van der Waals surface area contributed by atoms with E-state index in [1.165, 1.54) is 4.90 Å². The SMILES string of the molecule is O=C(O)[C@@H]1CCCN1C(=O)CCNc1ncc(C(F)(F)F)cc1Cl. The highest BCUT2D eigenvalue weighted by atomic mass is 35.5. The minimum atomic E-state index is -4.53. The van der Waals surface area contributed by atoms with E-state index < -0.39 is 23.8 Å². The van der Waals surface area contributed by atoms with Gasteiger partial charge in [0.25, 0.3) is 0 Å². The van der Waals surface area contributed by atoms with Crippen molar-refractivity contribution in [3.05, 3.63) is 22.8 Å². The van der Waals surface area contributed by atoms with Gasteiger partial charge in [-0.25, -0.2) is 9.78 Å². The summed E-state index contributed by atoms with van der Waals surface area (Å²) in [5.41, 5.74) is -0.963. The van der Waals surface area contributed by atoms with Crippen molar-refractivity contribution < 1.29 is 27.9 Å². The number of pyridine rings is 1. The second-order valence-corrected chi connectivity index (χ2v) is 5.72. The first-order valence-corrected chi connectivity index (χ1v) is 7.57. The molecule has 1 atom stereocenters. The van der Waals surface area contributed by atoms with E-state index in [2.05, 4.69) is 10.3 Å². The number of anilines is 1. The van der Waals surface area contributed by atoms with Crippen LogP contribution in [0.4, 0.5) is 19.0 Å². The van der Waals surface area contributed by atoms with Gasteiger partial charge in [-0.15, -0.1) is 0 Å². The zero-order valence-corrected chi connectivity index (χ0v) is 13.2. The fraction of sp³-hybridized carbons (Fsp3) is 0.500. The number of nitrogens with zero attached hydrogens (tertiary/aromatic N) is 2. The molecule has 24 heavy (non-hydrogen) atoms. The van der Waals surface area contributed by atoms with Gasteiger partial charge in [0, 0.05) is 25.7 Å². The molecule has 1 aromatic rings. The van der Waals surface area contributed by atoms with E-state index in [1.54, 1.807) is 0 Å². The molecular weight excluding hydrogens is 351 g/mol. The molecule has 1 aliphatic rings. The topological polar surface area (TPSA) is 82.5 Å². The summed E-state index contributed by atoms with van der Waals surface area (Å²) in [5, 5.41) is 11.5. The first-order valence-electron chi connectivity index (χ1n) is 7.19. The summed E-state index contributed by atoms with van der Waals surface area (Å²) >= 11 is 5.74. The van der Waals surface area contributed by atoms with Crippen molar-refractivity contribution in [2.45, 2.75) is 31.5 Å². The van der Waals surface area contributed by atoms with Crippen LogP contribution in [0.2, 0.25) is 5.02 Å². The number of carboxylic acid groups (broad SMARTS) is 1. The first-order chi connectivity index (χ1) is 11.2. The number of aliphatic carboxylic acids is 1. The quantitative estimate of drug-likeness (QED) is 0.838. The lowest BCUT2D eigenvalue weighted by Crippen LogP contribution is -2.40. The largest absolute Gasteiger partial charge is 0.480 e. The number of amides is 1. The Morgan fingerprint density at radius 2 is 2.17 bits per heavy atom. The smallest absolute Gasteiger partial charge is 0.417 e. The normalized spacial score (nSPS) is 17.8. The first kappa shape index (κ1) is 18.3. The molecule has 6 nitrogen and oxygen atoms in total. The van der Waals surface area contributed by atoms with Crippen LogP contribution >= 0.6 is 11.6 Å². The van der Waals surface area contributed by atoms with Crippen molar-refractivity contribution in [3.8, 4) is 0 Å². The molecule has 1 amide bonds. The van der Waals surface area contributed by atoms with Gasteiger partial charge in [-0.3, -0.25) is 4.79 Å². The van der Waals surface area contributed by atoms with Crippen LogP contribution in [-0.4, -0.2) is 46.0 Å². The summed E-state index contributed by atoms with van der Waals surface area (Å²) in [7, 11) is 0. The van der Waals surface area contributed by atoms with Gasteiger partial charge in [0.1, 0.15) is 11.9 Å². The lowest BCUT2D eigenvalue weighted by Gasteiger charge is -2.21. The second kappa shape index (κ2) is 7.25. The summed E-state index contributed by atoms with van der Waals surface area (Å²) in [4.78, 5) is 28.0. The lowest BCUT2D eigenvalue weighted by atomic mass is 10.2. The molecule has 2 heterocycles. The summed E-state index contributed by atoms with van der Waals surface area (Å²) < 4.78 is 37.5. The molecule has 0 radical (unpaired) electrons. The number of hydrogen-bond acceptors (Lipinski definition) is 4. The molecule has 0 bridgehead atoms. The minimum absolute atomic E-state index is 0.0111. The average molecular weight is 366 g/mol. The molecule has 1 saturated heterocycles. The average Bonchev–Trinajstić information content (AvgIpc) is 2.97. The van der Waals surface area contributed by atoms with Crippen molar-refractivity contribution in [1.29, 1.82) is 0 Å². The Kier molecular flexibility index (Phi) is 5.53. The molecule has 0 spiro atoms. The molecule has 0 aromatic carbocycles. The third-order valence-electron chi connectivity index (χ3n) is 3.66. The van der Waals surface area contributed by atoms with Crippen LogP contribution < -0.4 is 5.32 Å². The fourth-order valence-electron chi connectivity index (χ4n) is 2.48. The Hall–Kier alpha value is -2.03. The summed E-state index contributed by atoms with van der Waals surface area (Å²) in [6.07, 6.45) is -2.85. The van der Waals surface area contributed by atoms with E-state index in [-0.39, 0.29) is 29.7 Å². The maximum absolute atomic E-state index is 12.5. The van der Waals surface area contributed by atoms with E-state index in [0.29, 0.717) is 25.6 Å². The molecule has 0 aliphatic carbocycles. The van der Waals surface area contributed by atoms with E-state index in [1.807, 2.05) is 0 Å². The number of hydrogen-bond donors (Lipinski definition) is 2. The number of aromatic nitrogens is 1. The number of halogens is 4. The summed E-state index contributed by atoms with van der Waals surface area (Å²) in [6.45, 7) is 0.467. The highest BCUT2D eigenvalue weighted by molar-refractivity contribution is 6.32. The maximum atomic E-state index is 12.5. The van der Waals surface area contributed by atoms with Gasteiger partial charge in [-0.1, -0.05) is 11.6 Å². The van der Waals surface area contributed by atoms with E-state index >= 15 is 0 Å². The number of carbonyl (C=O) groups excluding carboxylic acids is 1. The van der Waals surface area contributed by atoms with Crippen LogP contribution in [-0.2, 0) is 15.8 Å². The number of nitrogens with one attached hydrogen (secondary N) is 1. The maximum Gasteiger partial charge on any atom is 0.417 e. The zero-order chi connectivity index (χ0) is 17.9. The molecule has 0 unspecified atom stereocenters. The van der Waals surface area contributed by atoms with Gasteiger partial charge in [0.05, 0.1) is 10.6 Å². The molecule has 1 aliphatic heterocycles. The van der Waals surface area contributed by atoms with Crippen LogP contribution in [0.5, 0.6) is 0 Å². The van der Waals surface area contributed by atoms with Crippen LogP contribution in [0.25, 0.3) is 0 Å². The molecule has 1 aromatic heterocycles. The summed E-state index contributed by atoms with van der Waals surface area (Å²) in [5.74, 6) is -1.34. The standard InChI is InChI=1S/C14H15ClF3N3O3/c15-9-6-8(14(16,17)18)7-20-12(9)19-4-3-11(22)21-5-1-2-10(21)13(23)24/h6-7,10H,1-5H2,(H,19,20)(H,23,24)/t10-/m0/s1. The Morgan fingerprint density at radius 3 is 2.75 bits per heavy atom. The van der Waals surface area contributed by atoms with Crippen LogP contribution in [0.3, 0.4) is 0 Å². The lowest BCUT2D eigenvalue weighted by molar-refractivity contribution is -0.148. The molecule has 0 saturated carbocycles. The molecule has 10 heteroatoms. The predicted molar refractivity (Wildman–Crippen MR) is 79.7 cm³/mol. The fourth-order valence-corrected chi connectivity index (χ4v) is 2.71. The number of rotatable bonds is 5. The zero-order valence-electron chi connectivity index (χ0n) is 12.4. The van der Waals surface area contributed by atoms with Crippen molar-refractivity contribution in [2.24, 2.45) is 0 Å². The Bertz CT molecular complexity index is 639. The van der Waals surface area contributed by atoms with Gasteiger partial charge >= 0.3 is 12.1 Å². The third kappa shape index (κ3) is 4.28. The number of carbonyl (C=O) groups is 2. The highest BCUT2D eigenvalue weighted by Crippen LogP contribution is 2.32. The van der Waals surface area contributed by atoms with Gasteiger partial charge in [0.2, 0.25) is 5.91 Å². The molecular formula is C14H15ClF3N3O3. The van der Waals surface area contributed by atoms with E-state index in [9.17, 15) is 22.8 Å². The number of carboxylic acids is 1. The number of likely N-dealkylation sites (tertiary alicyclic amines) is 1. The van der Waals surface area contributed by atoms with E-state index in [4.69, 9.17) is 16.7 Å². The van der Waals surface area contributed by atoms with Crippen molar-refractivity contribution in [2.75, 3.05) is 18.4 Å². The van der Waals surface area contributed by atoms with Gasteiger partial charge < -0.3 is 15.3 Å². The molecule has 2 rings (SSSR count). The van der Waals surface area contributed by atoms with Gasteiger partial charge in [-0.2, -0.15) is 13.2 Å². The third-order valence-corrected chi connectivity index (χ3v) is 3.95. The number of alkyl halides is 3. The molecule has 132 valence electrons. The molecule has 2 N–H and O–H groups in total. The summed E-state index contributed by atoms with van der Waals surface area (Å²) in [6, 6.07) is -0.0649. The highest BCUT2D eigenvalue weighted by Gasteiger charge is 2.33. The van der Waals surface area contributed by atoms with Crippen LogP contribution in [0, 0.1) is 0 Å². The Balaban J connectivity index is 1.90. The van der Waals surface area contributed by atoms with E-state index in [0.717, 1.165) is 6.07 Å². The van der Waals surface area contributed by atoms with Crippen molar-refractivity contribution >= 4 is 29.3 Å². The monoisotopic (exact) mass is 365 g/mol. The van der Waals surface area contributed by atoms with Crippen LogP contribution in [0.1, 0.15) is 24.8 Å². The van der Waals surface area contributed by atoms with Gasteiger partial charge in [0.15, 0.2) is 0 Å². The van der Waals surface area contributed by atoms with Gasteiger partial charge in [-0.05, 0) is 18.9 Å². The van der Waals surface area contributed by atoms with Crippen molar-refractivity contribution in [3.63, 3.8) is 0 Å². The Morgan fingerprint density at radius 1 is 1.46 bits per heavy atom. The minimum Gasteiger partial charge on any atom is -0.480 e. The Labute approximate surface area is 140 Å². The second-order valence-electron chi connectivity index (χ2n) is 5.31. The molecule has 1 fully saturated rings. The predicted octanol–water partition coefficient (Wildman–Crippen LogP) is 2.63. The van der Waals surface area contributed by atoms with Crippen molar-refractivity contribution in [1.82, 2.24) is 9.88 Å². The van der Waals surface area contributed by atoms with Crippen LogP contribution in [0.15, 0.2) is 12.3 Å².